The largest absolute Gasteiger partial charge is 0.355 e. The van der Waals surface area contributed by atoms with E-state index in [0.29, 0.717) is 19.6 Å². The highest BCUT2D eigenvalue weighted by Gasteiger charge is 2.27. The summed E-state index contributed by atoms with van der Waals surface area (Å²) in [5, 5.41) is 3.95. The first-order valence-electron chi connectivity index (χ1n) is 10.1. The average molecular weight is 406 g/mol. The van der Waals surface area contributed by atoms with Crippen LogP contribution in [0, 0.1) is 0 Å². The predicted octanol–water partition coefficient (Wildman–Crippen LogP) is -1.44. The molecule has 0 radical (unpaired) electrons. The molecule has 2 heterocycles. The molecule has 7 nitrogen and oxygen atoms in total. The van der Waals surface area contributed by atoms with Crippen LogP contribution in [0.1, 0.15) is 18.9 Å². The Labute approximate surface area is 170 Å². The summed E-state index contributed by atoms with van der Waals surface area (Å²) >= 11 is 1.78. The summed E-state index contributed by atoms with van der Waals surface area (Å²) in [6.45, 7) is 10.6. The van der Waals surface area contributed by atoms with E-state index in [0.717, 1.165) is 38.2 Å². The number of carbonyl (C=O) groups excluding carboxylic acids is 2. The third-order valence-corrected chi connectivity index (χ3v) is 6.28. The molecule has 1 aliphatic rings. The number of para-hydroxylation sites is 1. The number of likely N-dealkylation sites (N-methyl/N-ethyl adjacent to an activating group) is 2. The molecule has 1 aromatic carbocycles. The van der Waals surface area contributed by atoms with E-state index < -0.39 is 0 Å². The molecule has 1 fully saturated rings. The summed E-state index contributed by atoms with van der Waals surface area (Å²) in [5.74, 6) is -0.0174. The van der Waals surface area contributed by atoms with Crippen molar-refractivity contribution in [3.05, 3.63) is 29.3 Å². The number of aromatic nitrogens is 1. The second-order valence-electron chi connectivity index (χ2n) is 7.29. The van der Waals surface area contributed by atoms with E-state index in [4.69, 9.17) is 4.98 Å². The lowest BCUT2D eigenvalue weighted by atomic mass is 10.3. The van der Waals surface area contributed by atoms with Crippen LogP contribution in [-0.2, 0) is 16.1 Å². The number of thiazole rings is 1. The Bertz CT molecular complexity index is 768. The molecule has 0 bridgehead atoms. The van der Waals surface area contributed by atoms with Crippen molar-refractivity contribution in [1.29, 1.82) is 0 Å². The molecule has 28 heavy (non-hydrogen) atoms. The zero-order valence-electron chi connectivity index (χ0n) is 16.8. The number of fused-ring (bicyclic) bond motifs is 1. The zero-order chi connectivity index (χ0) is 19.9. The Balaban J connectivity index is 1.45. The number of quaternary nitrogens is 2. The third kappa shape index (κ3) is 5.50. The molecular weight excluding hydrogens is 374 g/mol. The van der Waals surface area contributed by atoms with Gasteiger partial charge in [-0.1, -0.05) is 12.1 Å². The number of benzene rings is 1. The van der Waals surface area contributed by atoms with Crippen LogP contribution < -0.4 is 15.1 Å². The molecule has 2 amide bonds. The van der Waals surface area contributed by atoms with Gasteiger partial charge < -0.3 is 20.0 Å². The second kappa shape index (κ2) is 9.95. The van der Waals surface area contributed by atoms with E-state index in [2.05, 4.69) is 23.5 Å². The van der Waals surface area contributed by atoms with E-state index in [-0.39, 0.29) is 18.4 Å². The highest BCUT2D eigenvalue weighted by atomic mass is 32.1. The highest BCUT2D eigenvalue weighted by molar-refractivity contribution is 7.18. The van der Waals surface area contributed by atoms with Crippen molar-refractivity contribution in [2.75, 3.05) is 52.4 Å². The molecule has 1 saturated heterocycles. The van der Waals surface area contributed by atoms with Gasteiger partial charge >= 0.3 is 0 Å². The van der Waals surface area contributed by atoms with Gasteiger partial charge in [0.25, 0.3) is 5.91 Å². The first-order chi connectivity index (χ1) is 13.6. The second-order valence-corrected chi connectivity index (χ2v) is 8.41. The van der Waals surface area contributed by atoms with Crippen LogP contribution in [0.25, 0.3) is 10.2 Å². The molecule has 1 aliphatic heterocycles. The van der Waals surface area contributed by atoms with Crippen molar-refractivity contribution in [2.45, 2.75) is 20.4 Å². The van der Waals surface area contributed by atoms with Crippen molar-refractivity contribution >= 4 is 33.4 Å². The quantitative estimate of drug-likeness (QED) is 0.504. The minimum Gasteiger partial charge on any atom is -0.355 e. The Morgan fingerprint density at radius 3 is 2.54 bits per heavy atom. The normalized spacial score (nSPS) is 19.5. The van der Waals surface area contributed by atoms with Crippen LogP contribution in [0.2, 0.25) is 0 Å². The van der Waals surface area contributed by atoms with Crippen LogP contribution in [0.3, 0.4) is 0 Å². The SMILES string of the molecule is CCNC(=O)CN(CC)C(=O)C[NH+]1CC[NH+](Cc2nc3ccccc3s2)CC1. The monoisotopic (exact) mass is 405 g/mol. The Morgan fingerprint density at radius 2 is 1.86 bits per heavy atom. The number of hydrogen-bond donors (Lipinski definition) is 3. The number of nitrogens with zero attached hydrogens (tertiary/aromatic N) is 2. The minimum absolute atomic E-state index is 0.0679. The fraction of sp³-hybridized carbons (Fsp3) is 0.550. The maximum Gasteiger partial charge on any atom is 0.278 e. The van der Waals surface area contributed by atoms with E-state index in [1.165, 1.54) is 19.5 Å². The van der Waals surface area contributed by atoms with Gasteiger partial charge in [-0.25, -0.2) is 4.98 Å². The summed E-state index contributed by atoms with van der Waals surface area (Å²) in [4.78, 5) is 33.6. The summed E-state index contributed by atoms with van der Waals surface area (Å²) in [7, 11) is 0. The van der Waals surface area contributed by atoms with Gasteiger partial charge in [0.05, 0.1) is 16.8 Å². The molecule has 0 aliphatic carbocycles. The van der Waals surface area contributed by atoms with Gasteiger partial charge in [0, 0.05) is 13.1 Å². The van der Waals surface area contributed by atoms with Crippen LogP contribution in [0.5, 0.6) is 0 Å². The molecule has 3 rings (SSSR count). The Hall–Kier alpha value is -2.03. The lowest BCUT2D eigenvalue weighted by Crippen LogP contribution is -3.28. The van der Waals surface area contributed by atoms with Crippen LogP contribution in [-0.4, -0.2) is 74.1 Å². The van der Waals surface area contributed by atoms with E-state index in [1.54, 1.807) is 16.2 Å². The number of rotatable bonds is 8. The van der Waals surface area contributed by atoms with Crippen LogP contribution in [0.4, 0.5) is 0 Å². The minimum atomic E-state index is -0.0854. The zero-order valence-corrected chi connectivity index (χ0v) is 17.6. The molecule has 0 atom stereocenters. The number of amides is 2. The van der Waals surface area contributed by atoms with E-state index in [9.17, 15) is 9.59 Å². The summed E-state index contributed by atoms with van der Waals surface area (Å²) < 4.78 is 1.25. The number of hydrogen-bond acceptors (Lipinski definition) is 4. The molecule has 2 aromatic rings. The molecule has 0 spiro atoms. The topological polar surface area (TPSA) is 71.2 Å². The average Bonchev–Trinajstić information content (AvgIpc) is 3.10. The number of carbonyl (C=O) groups is 2. The highest BCUT2D eigenvalue weighted by Crippen LogP contribution is 2.20. The van der Waals surface area contributed by atoms with Crippen LogP contribution >= 0.6 is 11.3 Å². The van der Waals surface area contributed by atoms with Crippen molar-refractivity contribution in [3.63, 3.8) is 0 Å². The van der Waals surface area contributed by atoms with Gasteiger partial charge in [0.15, 0.2) is 6.54 Å². The van der Waals surface area contributed by atoms with Gasteiger partial charge in [-0.05, 0) is 26.0 Å². The first-order valence-corrected chi connectivity index (χ1v) is 11.0. The summed E-state index contributed by atoms with van der Waals surface area (Å²) in [6.07, 6.45) is 0. The Morgan fingerprint density at radius 1 is 1.14 bits per heavy atom. The smallest absolute Gasteiger partial charge is 0.278 e. The van der Waals surface area contributed by atoms with E-state index in [1.807, 2.05) is 19.9 Å². The molecular formula is C20H31N5O2S+2. The molecule has 1 aromatic heterocycles. The molecule has 0 saturated carbocycles. The lowest BCUT2D eigenvalue weighted by molar-refractivity contribution is -1.02. The standard InChI is InChI=1S/C20H29N5O2S/c1-3-21-18(26)13-25(4-2)20(27)15-24-11-9-23(10-12-24)14-19-22-16-7-5-6-8-17(16)28-19/h5-8H,3-4,9-15H2,1-2H3,(H,21,26)/p+2. The van der Waals surface area contributed by atoms with Gasteiger partial charge in [-0.3, -0.25) is 9.59 Å². The molecule has 8 heteroatoms. The fourth-order valence-electron chi connectivity index (χ4n) is 3.65. The van der Waals surface area contributed by atoms with Gasteiger partial charge in [0.1, 0.15) is 37.7 Å². The predicted molar refractivity (Wildman–Crippen MR) is 111 cm³/mol. The molecule has 152 valence electrons. The molecule has 0 unspecified atom stereocenters. The van der Waals surface area contributed by atoms with Crippen molar-refractivity contribution in [2.24, 2.45) is 0 Å². The van der Waals surface area contributed by atoms with Gasteiger partial charge in [-0.2, -0.15) is 0 Å². The van der Waals surface area contributed by atoms with Gasteiger partial charge in [0.2, 0.25) is 5.91 Å². The maximum atomic E-state index is 12.6. The first kappa shape index (κ1) is 20.7. The van der Waals surface area contributed by atoms with Gasteiger partial charge in [-0.15, -0.1) is 11.3 Å². The summed E-state index contributed by atoms with van der Waals surface area (Å²) in [6, 6.07) is 8.28. The number of nitrogens with one attached hydrogen (secondary N) is 3. The maximum absolute atomic E-state index is 12.6. The van der Waals surface area contributed by atoms with E-state index >= 15 is 0 Å². The Kier molecular flexibility index (Phi) is 7.36. The third-order valence-electron chi connectivity index (χ3n) is 5.25. The van der Waals surface area contributed by atoms with Crippen molar-refractivity contribution in [3.8, 4) is 0 Å². The van der Waals surface area contributed by atoms with Crippen LogP contribution in [0.15, 0.2) is 24.3 Å². The number of piperazine rings is 1. The van der Waals surface area contributed by atoms with Crippen molar-refractivity contribution in [1.82, 2.24) is 15.2 Å². The summed E-state index contributed by atoms with van der Waals surface area (Å²) in [5.41, 5.74) is 1.09. The fourth-order valence-corrected chi connectivity index (χ4v) is 4.69. The lowest BCUT2D eigenvalue weighted by Gasteiger charge is -2.30. The van der Waals surface area contributed by atoms with Crippen molar-refractivity contribution < 1.29 is 19.4 Å². The molecule has 3 N–H and O–H groups in total.